The molecule has 1 fully saturated rings. The largest absolute Gasteiger partial charge is 0.406 e. The highest BCUT2D eigenvalue weighted by Crippen LogP contribution is 2.17. The minimum atomic E-state index is -4.34. The van der Waals surface area contributed by atoms with Crippen molar-refractivity contribution in [2.75, 3.05) is 32.7 Å². The number of likely N-dealkylation sites (tertiary alicyclic amines) is 1. The monoisotopic (exact) mass is 267 g/mol. The highest BCUT2D eigenvalue weighted by Gasteiger charge is 2.32. The van der Waals surface area contributed by atoms with Crippen molar-refractivity contribution in [3.8, 4) is 0 Å². The van der Waals surface area contributed by atoms with Crippen LogP contribution in [0.3, 0.4) is 0 Å². The normalized spacial score (nSPS) is 18.9. The van der Waals surface area contributed by atoms with Gasteiger partial charge in [0.2, 0.25) is 5.91 Å². The summed E-state index contributed by atoms with van der Waals surface area (Å²) in [4.78, 5) is 14.5. The molecule has 0 saturated carbocycles. The fourth-order valence-corrected chi connectivity index (χ4v) is 2.00. The molecule has 1 rings (SSSR count). The second-order valence-corrected chi connectivity index (χ2v) is 4.64. The summed E-state index contributed by atoms with van der Waals surface area (Å²) in [6.07, 6.45) is -2.76. The average Bonchev–Trinajstić information content (AvgIpc) is 2.27. The van der Waals surface area contributed by atoms with E-state index < -0.39 is 18.6 Å². The van der Waals surface area contributed by atoms with Gasteiger partial charge in [-0.1, -0.05) is 0 Å². The predicted octanol–water partition coefficient (Wildman–Crippen LogP) is 0.820. The number of likely N-dealkylation sites (N-methyl/N-ethyl adjacent to an activating group) is 1. The number of piperidine rings is 1. The summed E-state index contributed by atoms with van der Waals surface area (Å²) in [5.41, 5.74) is 5.73. The maximum Gasteiger partial charge on any atom is 0.406 e. The van der Waals surface area contributed by atoms with Crippen LogP contribution >= 0.6 is 0 Å². The standard InChI is InChI=1S/C11H20F3N3O/c1-2-17(8-11(12,13)14)10(18)7-16-5-3-9(15)4-6-16/h9H,2-8,15H2,1H3. The van der Waals surface area contributed by atoms with Crippen LogP contribution in [-0.2, 0) is 4.79 Å². The summed E-state index contributed by atoms with van der Waals surface area (Å²) in [5.74, 6) is -0.467. The van der Waals surface area contributed by atoms with Crippen LogP contribution in [-0.4, -0.2) is 60.6 Å². The highest BCUT2D eigenvalue weighted by molar-refractivity contribution is 5.78. The first kappa shape index (κ1) is 15.2. The molecular formula is C11H20F3N3O. The molecule has 0 radical (unpaired) electrons. The van der Waals surface area contributed by atoms with E-state index in [-0.39, 0.29) is 19.1 Å². The molecule has 0 aromatic heterocycles. The number of carbonyl (C=O) groups excluding carboxylic acids is 1. The molecule has 0 aliphatic carbocycles. The number of hydrogen-bond donors (Lipinski definition) is 1. The lowest BCUT2D eigenvalue weighted by Gasteiger charge is -2.31. The van der Waals surface area contributed by atoms with Crippen molar-refractivity contribution < 1.29 is 18.0 Å². The summed E-state index contributed by atoms with van der Waals surface area (Å²) < 4.78 is 36.8. The number of halogens is 3. The van der Waals surface area contributed by atoms with Crippen molar-refractivity contribution in [1.29, 1.82) is 0 Å². The van der Waals surface area contributed by atoms with Crippen LogP contribution in [0.2, 0.25) is 0 Å². The van der Waals surface area contributed by atoms with Gasteiger partial charge in [-0.15, -0.1) is 0 Å². The predicted molar refractivity (Wildman–Crippen MR) is 62.0 cm³/mol. The Hall–Kier alpha value is -0.820. The second-order valence-electron chi connectivity index (χ2n) is 4.64. The first-order chi connectivity index (χ1) is 8.31. The number of hydrogen-bond acceptors (Lipinski definition) is 3. The van der Waals surface area contributed by atoms with Crippen molar-refractivity contribution in [3.63, 3.8) is 0 Å². The summed E-state index contributed by atoms with van der Waals surface area (Å²) in [5, 5.41) is 0. The lowest BCUT2D eigenvalue weighted by Crippen LogP contribution is -2.47. The zero-order valence-electron chi connectivity index (χ0n) is 10.5. The van der Waals surface area contributed by atoms with Gasteiger partial charge in [-0.25, -0.2) is 0 Å². The van der Waals surface area contributed by atoms with E-state index in [0.29, 0.717) is 13.1 Å². The van der Waals surface area contributed by atoms with Gasteiger partial charge in [0.1, 0.15) is 6.54 Å². The van der Waals surface area contributed by atoms with Gasteiger partial charge < -0.3 is 10.6 Å². The summed E-state index contributed by atoms with van der Waals surface area (Å²) in [6.45, 7) is 1.86. The Labute approximate surface area is 105 Å². The van der Waals surface area contributed by atoms with E-state index in [2.05, 4.69) is 0 Å². The third-order valence-corrected chi connectivity index (χ3v) is 3.10. The van der Waals surface area contributed by atoms with E-state index in [1.807, 2.05) is 4.90 Å². The van der Waals surface area contributed by atoms with Gasteiger partial charge in [0.05, 0.1) is 6.54 Å². The Balaban J connectivity index is 2.42. The minimum Gasteiger partial charge on any atom is -0.333 e. The smallest absolute Gasteiger partial charge is 0.333 e. The minimum absolute atomic E-state index is 0.0522. The topological polar surface area (TPSA) is 49.6 Å². The van der Waals surface area contributed by atoms with Crippen LogP contribution in [0.5, 0.6) is 0 Å². The van der Waals surface area contributed by atoms with Gasteiger partial charge in [0, 0.05) is 25.7 Å². The molecule has 1 aliphatic heterocycles. The fourth-order valence-electron chi connectivity index (χ4n) is 2.00. The first-order valence-corrected chi connectivity index (χ1v) is 6.14. The molecule has 0 unspecified atom stereocenters. The van der Waals surface area contributed by atoms with E-state index in [9.17, 15) is 18.0 Å². The van der Waals surface area contributed by atoms with Gasteiger partial charge >= 0.3 is 6.18 Å². The Bertz CT molecular complexity index is 275. The zero-order valence-corrected chi connectivity index (χ0v) is 10.5. The molecule has 0 bridgehead atoms. The fraction of sp³-hybridized carbons (Fsp3) is 0.909. The molecule has 106 valence electrons. The van der Waals surface area contributed by atoms with Crippen LogP contribution in [0.1, 0.15) is 19.8 Å². The Morgan fingerprint density at radius 1 is 1.39 bits per heavy atom. The van der Waals surface area contributed by atoms with Crippen LogP contribution < -0.4 is 5.73 Å². The number of rotatable bonds is 4. The third kappa shape index (κ3) is 5.22. The van der Waals surface area contributed by atoms with Gasteiger partial charge in [0.25, 0.3) is 0 Å². The molecule has 7 heteroatoms. The SMILES string of the molecule is CCN(CC(F)(F)F)C(=O)CN1CCC(N)CC1. The van der Waals surface area contributed by atoms with Gasteiger partial charge in [0.15, 0.2) is 0 Å². The maximum atomic E-state index is 12.3. The Morgan fingerprint density at radius 2 is 1.94 bits per heavy atom. The molecule has 2 N–H and O–H groups in total. The third-order valence-electron chi connectivity index (χ3n) is 3.10. The number of alkyl halides is 3. The molecule has 1 saturated heterocycles. The molecule has 1 aliphatic rings. The molecule has 0 atom stereocenters. The van der Waals surface area contributed by atoms with Crippen LogP contribution in [0, 0.1) is 0 Å². The molecule has 0 aromatic carbocycles. The number of carbonyl (C=O) groups is 1. The number of amides is 1. The van der Waals surface area contributed by atoms with Crippen LogP contribution in [0.25, 0.3) is 0 Å². The summed E-state index contributed by atoms with van der Waals surface area (Å²) in [6, 6.07) is 0.147. The van der Waals surface area contributed by atoms with E-state index in [1.165, 1.54) is 0 Å². The quantitative estimate of drug-likeness (QED) is 0.820. The first-order valence-electron chi connectivity index (χ1n) is 6.14. The van der Waals surface area contributed by atoms with Gasteiger partial charge in [-0.05, 0) is 19.8 Å². The van der Waals surface area contributed by atoms with Gasteiger partial charge in [-0.3, -0.25) is 9.69 Å². The lowest BCUT2D eigenvalue weighted by molar-refractivity contribution is -0.161. The van der Waals surface area contributed by atoms with Crippen molar-refractivity contribution in [2.45, 2.75) is 32.0 Å². The van der Waals surface area contributed by atoms with Gasteiger partial charge in [-0.2, -0.15) is 13.2 Å². The van der Waals surface area contributed by atoms with E-state index in [0.717, 1.165) is 17.7 Å². The number of nitrogens with two attached hydrogens (primary N) is 1. The van der Waals surface area contributed by atoms with Crippen molar-refractivity contribution in [1.82, 2.24) is 9.80 Å². The summed E-state index contributed by atoms with van der Waals surface area (Å²) in [7, 11) is 0. The molecular weight excluding hydrogens is 247 g/mol. The molecule has 0 aromatic rings. The van der Waals surface area contributed by atoms with Crippen LogP contribution in [0.4, 0.5) is 13.2 Å². The zero-order chi connectivity index (χ0) is 13.8. The Morgan fingerprint density at radius 3 is 2.39 bits per heavy atom. The molecule has 18 heavy (non-hydrogen) atoms. The second kappa shape index (κ2) is 6.38. The highest BCUT2D eigenvalue weighted by atomic mass is 19.4. The van der Waals surface area contributed by atoms with Crippen molar-refractivity contribution in [3.05, 3.63) is 0 Å². The maximum absolute atomic E-state index is 12.3. The molecule has 0 spiro atoms. The molecule has 4 nitrogen and oxygen atoms in total. The summed E-state index contributed by atoms with van der Waals surface area (Å²) >= 11 is 0. The average molecular weight is 267 g/mol. The van der Waals surface area contributed by atoms with E-state index in [1.54, 1.807) is 6.92 Å². The van der Waals surface area contributed by atoms with Crippen molar-refractivity contribution in [2.24, 2.45) is 5.73 Å². The van der Waals surface area contributed by atoms with Crippen molar-refractivity contribution >= 4 is 5.91 Å². The Kier molecular flexibility index (Phi) is 5.40. The molecule has 1 heterocycles. The number of nitrogens with zero attached hydrogens (tertiary/aromatic N) is 2. The van der Waals surface area contributed by atoms with E-state index >= 15 is 0 Å². The van der Waals surface area contributed by atoms with E-state index in [4.69, 9.17) is 5.73 Å². The lowest BCUT2D eigenvalue weighted by atomic mass is 10.1. The van der Waals surface area contributed by atoms with Crippen LogP contribution in [0.15, 0.2) is 0 Å². The molecule has 1 amide bonds.